The predicted octanol–water partition coefficient (Wildman–Crippen LogP) is 10.8. The fourth-order valence-electron chi connectivity index (χ4n) is 6.42. The van der Waals surface area contributed by atoms with E-state index in [-0.39, 0.29) is 11.5 Å². The Morgan fingerprint density at radius 3 is 1.82 bits per heavy atom. The zero-order chi connectivity index (χ0) is 28.1. The van der Waals surface area contributed by atoms with Gasteiger partial charge in [0.25, 0.3) is 0 Å². The van der Waals surface area contributed by atoms with Gasteiger partial charge in [-0.2, -0.15) is 4.39 Å². The molecule has 8 heteroatoms. The van der Waals surface area contributed by atoms with E-state index in [1.807, 2.05) is 6.92 Å². The molecule has 0 nitrogen and oxygen atoms in total. The molecule has 2 fully saturated rings. The molecule has 2 saturated carbocycles. The van der Waals surface area contributed by atoms with Crippen LogP contribution in [0.4, 0.5) is 30.7 Å². The molecule has 0 spiro atoms. The highest BCUT2D eigenvalue weighted by Crippen LogP contribution is 2.46. The fraction of sp³-hybridized carbons (Fsp3) is 0.548. The van der Waals surface area contributed by atoms with Gasteiger partial charge in [0, 0.05) is 16.9 Å². The number of benzene rings is 2. The molecule has 0 N–H and O–H groups in total. The molecule has 39 heavy (non-hydrogen) atoms. The number of hydrogen-bond acceptors (Lipinski definition) is 1. The summed E-state index contributed by atoms with van der Waals surface area (Å²) in [7, 11) is 0. The number of halogens is 7. The van der Waals surface area contributed by atoms with Crippen LogP contribution in [0.1, 0.15) is 93.7 Å². The topological polar surface area (TPSA) is 0 Å². The lowest BCUT2D eigenvalue weighted by molar-refractivity contribution is 0.155. The van der Waals surface area contributed by atoms with Crippen molar-refractivity contribution in [1.82, 2.24) is 0 Å². The van der Waals surface area contributed by atoms with Crippen LogP contribution in [0.5, 0.6) is 0 Å². The molecule has 2 aliphatic rings. The van der Waals surface area contributed by atoms with E-state index in [0.717, 1.165) is 69.2 Å². The maximum atomic E-state index is 14.9. The first-order chi connectivity index (χ1) is 18.7. The summed E-state index contributed by atoms with van der Waals surface area (Å²) in [5, 5.41) is -1.06. The smallest absolute Gasteiger partial charge is 0.194 e. The fourth-order valence-corrected chi connectivity index (χ4v) is 7.05. The minimum Gasteiger partial charge on any atom is -0.207 e. The Morgan fingerprint density at radius 1 is 0.744 bits per heavy atom. The van der Waals surface area contributed by atoms with Crippen LogP contribution in [0, 0.1) is 46.8 Å². The van der Waals surface area contributed by atoms with E-state index in [4.69, 9.17) is 0 Å². The Morgan fingerprint density at radius 2 is 1.28 bits per heavy atom. The minimum absolute atomic E-state index is 0.0241. The largest absolute Gasteiger partial charge is 0.207 e. The van der Waals surface area contributed by atoms with E-state index in [0.29, 0.717) is 66.5 Å². The van der Waals surface area contributed by atoms with Crippen molar-refractivity contribution in [3.05, 3.63) is 75.2 Å². The first-order valence-corrected chi connectivity index (χ1v) is 15.0. The molecular formula is C31H35F7S. The summed E-state index contributed by atoms with van der Waals surface area (Å²) < 4.78 is 98.3. The molecule has 0 amide bonds. The van der Waals surface area contributed by atoms with Crippen LogP contribution in [0.2, 0.25) is 0 Å². The molecule has 0 atom stereocenters. The molecule has 0 saturated heterocycles. The van der Waals surface area contributed by atoms with Crippen molar-refractivity contribution in [3.8, 4) is 0 Å². The van der Waals surface area contributed by atoms with Gasteiger partial charge in [-0.25, -0.2) is 26.3 Å². The van der Waals surface area contributed by atoms with E-state index in [1.165, 1.54) is 0 Å². The van der Waals surface area contributed by atoms with Crippen molar-refractivity contribution < 1.29 is 30.7 Å². The number of thioether (sulfide) groups is 1. The minimum atomic E-state index is -1.44. The zero-order valence-electron chi connectivity index (χ0n) is 22.2. The van der Waals surface area contributed by atoms with Crippen LogP contribution >= 0.6 is 11.8 Å². The monoisotopic (exact) mass is 572 g/mol. The standard InChI is InChI=1S/C31H35F7S/c1-2-13-39-31(38)29(36)23-16-24(32)28(25(33)17-23)22-11-9-21(10-12-22)20-7-5-18(6-8-20)3-4-19-14-26(34)30(37)27(35)15-19/h14-18,20-22H,2-13H2,1H3. The summed E-state index contributed by atoms with van der Waals surface area (Å²) in [6.07, 6.45) is 9.14. The summed E-state index contributed by atoms with van der Waals surface area (Å²) in [6, 6.07) is 3.95. The van der Waals surface area contributed by atoms with Crippen LogP contribution in [-0.4, -0.2) is 5.75 Å². The molecule has 0 bridgehead atoms. The van der Waals surface area contributed by atoms with E-state index in [2.05, 4.69) is 0 Å². The average molecular weight is 573 g/mol. The van der Waals surface area contributed by atoms with Gasteiger partial charge in [0.05, 0.1) is 0 Å². The average Bonchev–Trinajstić information content (AvgIpc) is 2.93. The summed E-state index contributed by atoms with van der Waals surface area (Å²) in [5.74, 6) is -5.03. The lowest BCUT2D eigenvalue weighted by Gasteiger charge is -2.38. The molecule has 0 unspecified atom stereocenters. The molecule has 2 aromatic rings. The Hall–Kier alpha value is -1.96. The van der Waals surface area contributed by atoms with Crippen LogP contribution in [-0.2, 0) is 6.42 Å². The van der Waals surface area contributed by atoms with E-state index in [1.54, 1.807) is 0 Å². The Labute approximate surface area is 230 Å². The van der Waals surface area contributed by atoms with Crippen LogP contribution < -0.4 is 0 Å². The highest BCUT2D eigenvalue weighted by Gasteiger charge is 2.33. The second kappa shape index (κ2) is 13.6. The number of hydrogen-bond donors (Lipinski definition) is 0. The molecule has 0 aromatic heterocycles. The predicted molar refractivity (Wildman–Crippen MR) is 143 cm³/mol. The third-order valence-electron chi connectivity index (χ3n) is 8.56. The van der Waals surface area contributed by atoms with Crippen molar-refractivity contribution in [3.63, 3.8) is 0 Å². The van der Waals surface area contributed by atoms with E-state index < -0.39 is 45.6 Å². The third-order valence-corrected chi connectivity index (χ3v) is 9.61. The van der Waals surface area contributed by atoms with E-state index >= 15 is 0 Å². The molecule has 0 radical (unpaired) electrons. The number of aryl methyl sites for hydroxylation is 1. The maximum absolute atomic E-state index is 14.9. The SMILES string of the molecule is CCCSC(F)=C(F)c1cc(F)c(C2CCC(C3CCC(CCc4cc(F)c(F)c(F)c4)CC3)CC2)c(F)c1. The van der Waals surface area contributed by atoms with Gasteiger partial charge in [0.1, 0.15) is 11.6 Å². The summed E-state index contributed by atoms with van der Waals surface area (Å²) >= 11 is 0.693. The zero-order valence-corrected chi connectivity index (χ0v) is 23.0. The van der Waals surface area contributed by atoms with Crippen LogP contribution in [0.3, 0.4) is 0 Å². The van der Waals surface area contributed by atoms with Gasteiger partial charge in [0.15, 0.2) is 28.4 Å². The Kier molecular flexibility index (Phi) is 10.5. The Balaban J connectivity index is 1.27. The molecular weight excluding hydrogens is 537 g/mol. The van der Waals surface area contributed by atoms with Crippen molar-refractivity contribution in [2.45, 2.75) is 83.5 Å². The first kappa shape index (κ1) is 30.0. The highest BCUT2D eigenvalue weighted by molar-refractivity contribution is 8.03. The summed E-state index contributed by atoms with van der Waals surface area (Å²) in [5.41, 5.74) is 0.0395. The highest BCUT2D eigenvalue weighted by atomic mass is 32.2. The van der Waals surface area contributed by atoms with Crippen molar-refractivity contribution in [1.29, 1.82) is 0 Å². The summed E-state index contributed by atoms with van der Waals surface area (Å²) in [6.45, 7) is 1.83. The van der Waals surface area contributed by atoms with Crippen LogP contribution in [0.25, 0.3) is 5.83 Å². The molecule has 214 valence electrons. The van der Waals surface area contributed by atoms with Gasteiger partial charge in [-0.15, -0.1) is 0 Å². The van der Waals surface area contributed by atoms with Gasteiger partial charge < -0.3 is 0 Å². The van der Waals surface area contributed by atoms with Crippen molar-refractivity contribution in [2.75, 3.05) is 5.75 Å². The maximum Gasteiger partial charge on any atom is 0.194 e. The Bertz CT molecular complexity index is 1120. The van der Waals surface area contributed by atoms with Gasteiger partial charge >= 0.3 is 0 Å². The van der Waals surface area contributed by atoms with Crippen LogP contribution in [0.15, 0.2) is 29.4 Å². The van der Waals surface area contributed by atoms with Crippen molar-refractivity contribution in [2.24, 2.45) is 17.8 Å². The second-order valence-electron chi connectivity index (χ2n) is 11.1. The molecule has 4 rings (SSSR count). The molecule has 0 heterocycles. The molecule has 2 aliphatic carbocycles. The normalized spacial score (nSPS) is 24.5. The van der Waals surface area contributed by atoms with Gasteiger partial charge in [-0.05, 0) is 111 Å². The molecule has 0 aliphatic heterocycles. The quantitative estimate of drug-likeness (QED) is 0.213. The second-order valence-corrected chi connectivity index (χ2v) is 12.1. The molecule has 2 aromatic carbocycles. The number of rotatable bonds is 9. The summed E-state index contributed by atoms with van der Waals surface area (Å²) in [4.78, 5) is 0. The van der Waals surface area contributed by atoms with Gasteiger partial charge in [-0.3, -0.25) is 0 Å². The van der Waals surface area contributed by atoms with E-state index in [9.17, 15) is 30.7 Å². The van der Waals surface area contributed by atoms with Gasteiger partial charge in [0.2, 0.25) is 0 Å². The lowest BCUT2D eigenvalue weighted by Crippen LogP contribution is -2.26. The van der Waals surface area contributed by atoms with Gasteiger partial charge in [-0.1, -0.05) is 31.5 Å². The first-order valence-electron chi connectivity index (χ1n) is 14.0. The van der Waals surface area contributed by atoms with Crippen molar-refractivity contribution >= 4 is 17.6 Å². The lowest BCUT2D eigenvalue weighted by atomic mass is 9.68. The third kappa shape index (κ3) is 7.42.